The molecule has 1 fully saturated rings. The van der Waals surface area contributed by atoms with E-state index in [0.717, 1.165) is 6.42 Å². The zero-order valence-electron chi connectivity index (χ0n) is 16.4. The maximum absolute atomic E-state index is 12.8. The molecule has 0 saturated carbocycles. The number of rotatable bonds is 7. The molecule has 0 aliphatic carbocycles. The summed E-state index contributed by atoms with van der Waals surface area (Å²) in [5.74, 6) is -2.18. The number of carbonyl (C=O) groups is 3. The predicted octanol–water partition coefficient (Wildman–Crippen LogP) is 3.02. The number of aryl methyl sites for hydroxylation is 1. The molecule has 166 valence electrons. The summed E-state index contributed by atoms with van der Waals surface area (Å²) in [7, 11) is 0. The summed E-state index contributed by atoms with van der Waals surface area (Å²) < 4.78 is 0. The van der Waals surface area contributed by atoms with Gasteiger partial charge in [-0.05, 0) is 43.3 Å². The lowest BCUT2D eigenvalue weighted by molar-refractivity contribution is -0.135. The van der Waals surface area contributed by atoms with E-state index in [1.807, 2.05) is 4.90 Å². The summed E-state index contributed by atoms with van der Waals surface area (Å²) >= 11 is 18.0. The second-order valence-electron chi connectivity index (χ2n) is 7.06. The average molecular weight is 489 g/mol. The maximum atomic E-state index is 12.8. The number of hydrogen-bond acceptors (Lipinski definition) is 5. The number of H-pyrrole nitrogens is 1. The number of benzene rings is 1. The Morgan fingerprint density at radius 3 is 2.55 bits per heavy atom. The van der Waals surface area contributed by atoms with E-state index in [9.17, 15) is 14.4 Å². The number of carbonyl (C=O) groups excluding carboxylic acids is 2. The van der Waals surface area contributed by atoms with Gasteiger partial charge < -0.3 is 25.6 Å². The topological polar surface area (TPSA) is 127 Å². The van der Waals surface area contributed by atoms with Crippen LogP contribution in [0.1, 0.15) is 33.0 Å². The van der Waals surface area contributed by atoms with Gasteiger partial charge in [0.1, 0.15) is 12.2 Å². The van der Waals surface area contributed by atoms with Crippen molar-refractivity contribution in [1.29, 1.82) is 0 Å². The van der Waals surface area contributed by atoms with Crippen LogP contribution in [0.3, 0.4) is 0 Å². The van der Waals surface area contributed by atoms with Crippen molar-refractivity contribution in [1.82, 2.24) is 15.1 Å². The quantitative estimate of drug-likeness (QED) is 0.381. The predicted molar refractivity (Wildman–Crippen MR) is 120 cm³/mol. The Morgan fingerprint density at radius 1 is 1.23 bits per heavy atom. The summed E-state index contributed by atoms with van der Waals surface area (Å²) in [4.78, 5) is 43.4. The molecule has 2 amide bonds. The molecule has 0 unspecified atom stereocenters. The zero-order chi connectivity index (χ0) is 22.7. The number of nitrogens with zero attached hydrogens (tertiary/aromatic N) is 1. The first-order valence-corrected chi connectivity index (χ1v) is 10.4. The molecule has 1 aromatic carbocycles. The highest BCUT2D eigenvalue weighted by atomic mass is 35.5. The molecule has 31 heavy (non-hydrogen) atoms. The first kappa shape index (κ1) is 23.2. The van der Waals surface area contributed by atoms with Crippen LogP contribution >= 0.6 is 35.0 Å². The highest BCUT2D eigenvalue weighted by molar-refractivity contribution is 6.44. The van der Waals surface area contributed by atoms with Gasteiger partial charge in [-0.15, -0.1) is 0 Å². The standard InChI is InChI=1S/C19H20Cl3N5O4/c1-9-15(20)16(21)17(24-9)19(31)25-12-3-2-10(18(30)23-7-14(28)29)6-13(12)27-5-4-11(8-27)26-22/h2-3,6,11,24,26H,4-5,7-8H2,1H3,(H,23,30)(H,25,31)(H,28,29)/t11-/m0/s1. The van der Waals surface area contributed by atoms with E-state index >= 15 is 0 Å². The van der Waals surface area contributed by atoms with Gasteiger partial charge in [0.25, 0.3) is 11.8 Å². The van der Waals surface area contributed by atoms with Crippen molar-refractivity contribution < 1.29 is 19.5 Å². The summed E-state index contributed by atoms with van der Waals surface area (Å²) in [6.45, 7) is 2.40. The fraction of sp³-hybridized carbons (Fsp3) is 0.316. The van der Waals surface area contributed by atoms with Crippen molar-refractivity contribution in [2.24, 2.45) is 0 Å². The van der Waals surface area contributed by atoms with Gasteiger partial charge in [0, 0.05) is 30.4 Å². The van der Waals surface area contributed by atoms with E-state index in [2.05, 4.69) is 20.5 Å². The second-order valence-corrected chi connectivity index (χ2v) is 8.03. The van der Waals surface area contributed by atoms with Crippen LogP contribution < -0.4 is 20.4 Å². The Morgan fingerprint density at radius 2 is 1.97 bits per heavy atom. The fourth-order valence-corrected chi connectivity index (χ4v) is 3.87. The third-order valence-corrected chi connectivity index (χ3v) is 6.13. The summed E-state index contributed by atoms with van der Waals surface area (Å²) in [5, 5.41) is 14.3. The smallest absolute Gasteiger partial charge is 0.322 e. The lowest BCUT2D eigenvalue weighted by Gasteiger charge is -2.23. The fourth-order valence-electron chi connectivity index (χ4n) is 3.28. The van der Waals surface area contributed by atoms with Gasteiger partial charge in [-0.3, -0.25) is 14.4 Å². The highest BCUT2D eigenvalue weighted by Crippen LogP contribution is 2.33. The lowest BCUT2D eigenvalue weighted by Crippen LogP contribution is -2.30. The zero-order valence-corrected chi connectivity index (χ0v) is 18.7. The number of halogens is 3. The summed E-state index contributed by atoms with van der Waals surface area (Å²) in [6, 6.07) is 4.71. The SMILES string of the molecule is Cc1[nH]c(C(=O)Nc2ccc(C(=O)NCC(=O)O)cc2N2CC[C@H](NCl)C2)c(Cl)c1Cl. The molecule has 1 saturated heterocycles. The van der Waals surface area contributed by atoms with E-state index in [1.54, 1.807) is 19.1 Å². The first-order chi connectivity index (χ1) is 14.7. The van der Waals surface area contributed by atoms with Gasteiger partial charge >= 0.3 is 5.97 Å². The molecule has 0 radical (unpaired) electrons. The normalized spacial score (nSPS) is 15.7. The summed E-state index contributed by atoms with van der Waals surface area (Å²) in [6.07, 6.45) is 0.767. The molecule has 5 N–H and O–H groups in total. The number of nitrogens with one attached hydrogen (secondary N) is 4. The second kappa shape index (κ2) is 9.78. The van der Waals surface area contributed by atoms with Crippen LogP contribution in [0.5, 0.6) is 0 Å². The number of aromatic nitrogens is 1. The van der Waals surface area contributed by atoms with Gasteiger partial charge in [-0.1, -0.05) is 23.2 Å². The van der Waals surface area contributed by atoms with E-state index < -0.39 is 24.3 Å². The Labute approximate surface area is 193 Å². The maximum Gasteiger partial charge on any atom is 0.322 e. The van der Waals surface area contributed by atoms with E-state index in [-0.39, 0.29) is 27.3 Å². The van der Waals surface area contributed by atoms with Gasteiger partial charge in [0.05, 0.1) is 21.4 Å². The van der Waals surface area contributed by atoms with E-state index in [1.165, 1.54) is 6.07 Å². The Bertz CT molecular complexity index is 1030. The van der Waals surface area contributed by atoms with Crippen molar-refractivity contribution >= 4 is 64.1 Å². The lowest BCUT2D eigenvalue weighted by atomic mass is 10.1. The van der Waals surface area contributed by atoms with Gasteiger partial charge in [0.15, 0.2) is 0 Å². The molecule has 9 nitrogen and oxygen atoms in total. The number of amides is 2. The molecule has 3 rings (SSSR count). The molecule has 1 atom stereocenters. The van der Waals surface area contributed by atoms with Crippen LogP contribution in [-0.2, 0) is 4.79 Å². The van der Waals surface area contributed by atoms with Crippen molar-refractivity contribution in [3.63, 3.8) is 0 Å². The molecule has 0 spiro atoms. The molecule has 2 aromatic rings. The van der Waals surface area contributed by atoms with E-state index in [0.29, 0.717) is 30.2 Å². The number of carboxylic acid groups (broad SMARTS) is 1. The van der Waals surface area contributed by atoms with E-state index in [4.69, 9.17) is 40.1 Å². The van der Waals surface area contributed by atoms with Crippen molar-refractivity contribution in [3.05, 3.63) is 45.2 Å². The van der Waals surface area contributed by atoms with Gasteiger partial charge in [-0.25, -0.2) is 4.84 Å². The number of anilines is 2. The number of carboxylic acids is 1. The molecular weight excluding hydrogens is 469 g/mol. The van der Waals surface area contributed by atoms with Crippen molar-refractivity contribution in [2.75, 3.05) is 29.9 Å². The Balaban J connectivity index is 1.91. The van der Waals surface area contributed by atoms with Crippen LogP contribution in [0.2, 0.25) is 10.0 Å². The Kier molecular flexibility index (Phi) is 7.32. The minimum atomic E-state index is -1.15. The van der Waals surface area contributed by atoms with Crippen LogP contribution in [-0.4, -0.2) is 53.6 Å². The van der Waals surface area contributed by atoms with Crippen LogP contribution in [0.15, 0.2) is 18.2 Å². The third-order valence-electron chi connectivity index (χ3n) is 4.87. The third kappa shape index (κ3) is 5.24. The molecule has 12 heteroatoms. The van der Waals surface area contributed by atoms with Crippen LogP contribution in [0.25, 0.3) is 0 Å². The summed E-state index contributed by atoms with van der Waals surface area (Å²) in [5.41, 5.74) is 2.00. The molecule has 1 aliphatic heterocycles. The van der Waals surface area contributed by atoms with Gasteiger partial charge in [-0.2, -0.15) is 0 Å². The number of hydrogen-bond donors (Lipinski definition) is 5. The minimum Gasteiger partial charge on any atom is -0.480 e. The van der Waals surface area contributed by atoms with Crippen LogP contribution in [0.4, 0.5) is 11.4 Å². The number of aliphatic carboxylic acids is 1. The molecule has 1 aliphatic rings. The van der Waals surface area contributed by atoms with Crippen molar-refractivity contribution in [3.8, 4) is 0 Å². The first-order valence-electron chi connectivity index (χ1n) is 9.31. The van der Waals surface area contributed by atoms with Crippen LogP contribution in [0, 0.1) is 6.92 Å². The molecule has 1 aromatic heterocycles. The minimum absolute atomic E-state index is 0.0361. The monoisotopic (exact) mass is 487 g/mol. The molecule has 0 bridgehead atoms. The largest absolute Gasteiger partial charge is 0.480 e. The molecule has 2 heterocycles. The van der Waals surface area contributed by atoms with Gasteiger partial charge in [0.2, 0.25) is 0 Å². The molecular formula is C19H20Cl3N5O4. The average Bonchev–Trinajstić information content (AvgIpc) is 3.32. The van der Waals surface area contributed by atoms with Crippen molar-refractivity contribution in [2.45, 2.75) is 19.4 Å². The number of aromatic amines is 1. The Hall–Kier alpha value is -2.46. The highest BCUT2D eigenvalue weighted by Gasteiger charge is 2.26.